The molecule has 1 fully saturated rings. The summed E-state index contributed by atoms with van der Waals surface area (Å²) in [5.41, 5.74) is 0. The van der Waals surface area contributed by atoms with Gasteiger partial charge in [0.25, 0.3) is 0 Å². The number of ether oxygens (including phenoxy) is 1. The van der Waals surface area contributed by atoms with E-state index in [1.807, 2.05) is 0 Å². The molecule has 4 atom stereocenters. The first kappa shape index (κ1) is 12.9. The molecule has 0 aromatic rings. The van der Waals surface area contributed by atoms with Gasteiger partial charge in [0.1, 0.15) is 11.8 Å². The molecule has 0 radical (unpaired) electrons. The average Bonchev–Trinajstić information content (AvgIpc) is 2.56. The summed E-state index contributed by atoms with van der Waals surface area (Å²) in [7, 11) is 0. The van der Waals surface area contributed by atoms with E-state index in [0.29, 0.717) is 0 Å². The molecule has 1 saturated heterocycles. The molecule has 94 valence electrons. The lowest BCUT2D eigenvalue weighted by molar-refractivity contribution is -0.163. The molecule has 1 aliphatic rings. The van der Waals surface area contributed by atoms with Crippen LogP contribution in [-0.2, 0) is 23.9 Å². The highest BCUT2D eigenvalue weighted by molar-refractivity contribution is 5.92. The van der Waals surface area contributed by atoms with E-state index < -0.39 is 47.9 Å². The molecule has 0 aromatic carbocycles. The van der Waals surface area contributed by atoms with Crippen LogP contribution in [0.25, 0.3) is 0 Å². The van der Waals surface area contributed by atoms with Crippen LogP contribution in [0.3, 0.4) is 0 Å². The third-order valence-corrected chi connectivity index (χ3v) is 2.39. The Morgan fingerprint density at radius 3 is 1.12 bits per heavy atom. The van der Waals surface area contributed by atoms with Gasteiger partial charge < -0.3 is 25.2 Å². The summed E-state index contributed by atoms with van der Waals surface area (Å²) < 4.78 is 4.47. The quantitative estimate of drug-likeness (QED) is 0.455. The van der Waals surface area contributed by atoms with Gasteiger partial charge in [-0.3, -0.25) is 9.59 Å². The summed E-state index contributed by atoms with van der Waals surface area (Å²) in [6.07, 6.45) is -3.98. The number of carboxylic acids is 4. The van der Waals surface area contributed by atoms with Crippen molar-refractivity contribution in [2.24, 2.45) is 11.8 Å². The lowest BCUT2D eigenvalue weighted by atomic mass is 9.87. The van der Waals surface area contributed by atoms with E-state index in [2.05, 4.69) is 4.74 Å². The van der Waals surface area contributed by atoms with Crippen molar-refractivity contribution in [1.29, 1.82) is 0 Å². The van der Waals surface area contributed by atoms with Crippen molar-refractivity contribution in [3.8, 4) is 0 Å². The smallest absolute Gasteiger partial charge is 0.333 e. The van der Waals surface area contributed by atoms with Crippen LogP contribution >= 0.6 is 0 Å². The van der Waals surface area contributed by atoms with E-state index in [4.69, 9.17) is 20.4 Å². The minimum absolute atomic E-state index is 1.72. The van der Waals surface area contributed by atoms with Gasteiger partial charge in [0.05, 0.1) is 0 Å². The SMILES string of the molecule is O=C(O)[C@H]1[C@H](C(=O)O)[C@H](C(=O)O)O[C@@H]1C(=O)O. The van der Waals surface area contributed by atoms with Crippen molar-refractivity contribution in [3.05, 3.63) is 0 Å². The third-order valence-electron chi connectivity index (χ3n) is 2.39. The van der Waals surface area contributed by atoms with Gasteiger partial charge in [-0.15, -0.1) is 0 Å². The van der Waals surface area contributed by atoms with E-state index in [9.17, 15) is 19.2 Å². The van der Waals surface area contributed by atoms with Gasteiger partial charge in [-0.1, -0.05) is 0 Å². The predicted molar refractivity (Wildman–Crippen MR) is 46.2 cm³/mol. The van der Waals surface area contributed by atoms with E-state index in [0.717, 1.165) is 0 Å². The maximum Gasteiger partial charge on any atom is 0.333 e. The third kappa shape index (κ3) is 2.18. The first-order valence-corrected chi connectivity index (χ1v) is 4.34. The fourth-order valence-electron chi connectivity index (χ4n) is 1.69. The van der Waals surface area contributed by atoms with E-state index in [-0.39, 0.29) is 0 Å². The van der Waals surface area contributed by atoms with Crippen LogP contribution in [-0.4, -0.2) is 56.5 Å². The average molecular weight is 248 g/mol. The number of hydrogen-bond acceptors (Lipinski definition) is 5. The Balaban J connectivity index is 3.17. The van der Waals surface area contributed by atoms with Crippen LogP contribution in [0.4, 0.5) is 0 Å². The molecule has 0 bridgehead atoms. The van der Waals surface area contributed by atoms with E-state index in [1.54, 1.807) is 0 Å². The Morgan fingerprint density at radius 2 is 0.941 bits per heavy atom. The van der Waals surface area contributed by atoms with Crippen molar-refractivity contribution in [1.82, 2.24) is 0 Å². The monoisotopic (exact) mass is 248 g/mol. The Labute approximate surface area is 93.2 Å². The molecule has 1 rings (SSSR count). The Hall–Kier alpha value is -2.16. The maximum atomic E-state index is 10.8. The fraction of sp³-hybridized carbons (Fsp3) is 0.500. The summed E-state index contributed by atoms with van der Waals surface area (Å²) in [5, 5.41) is 34.8. The topological polar surface area (TPSA) is 158 Å². The van der Waals surface area contributed by atoms with Gasteiger partial charge >= 0.3 is 23.9 Å². The Kier molecular flexibility index (Phi) is 3.32. The molecule has 17 heavy (non-hydrogen) atoms. The lowest BCUT2D eigenvalue weighted by Gasteiger charge is -2.13. The molecular formula is C8H8O9. The van der Waals surface area contributed by atoms with Crippen LogP contribution in [0.5, 0.6) is 0 Å². The lowest BCUT2D eigenvalue weighted by Crippen LogP contribution is -2.39. The highest BCUT2D eigenvalue weighted by Crippen LogP contribution is 2.33. The van der Waals surface area contributed by atoms with Gasteiger partial charge in [-0.05, 0) is 0 Å². The number of carbonyl (C=O) groups is 4. The highest BCUT2D eigenvalue weighted by Gasteiger charge is 2.57. The Bertz CT molecular complexity index is 350. The number of aliphatic carboxylic acids is 4. The first-order chi connectivity index (χ1) is 7.77. The summed E-state index contributed by atoms with van der Waals surface area (Å²) in [6.45, 7) is 0. The van der Waals surface area contributed by atoms with Crippen LogP contribution in [0, 0.1) is 11.8 Å². The second-order valence-corrected chi connectivity index (χ2v) is 3.38. The molecule has 0 amide bonds. The summed E-state index contributed by atoms with van der Waals surface area (Å²) in [5.74, 6) is -10.8. The number of hydrogen-bond donors (Lipinski definition) is 4. The minimum atomic E-state index is -1.99. The summed E-state index contributed by atoms with van der Waals surface area (Å²) >= 11 is 0. The number of rotatable bonds is 4. The summed E-state index contributed by atoms with van der Waals surface area (Å²) in [6, 6.07) is 0. The minimum Gasteiger partial charge on any atom is -0.481 e. The normalized spacial score (nSPS) is 32.0. The van der Waals surface area contributed by atoms with Crippen molar-refractivity contribution in [3.63, 3.8) is 0 Å². The van der Waals surface area contributed by atoms with Crippen molar-refractivity contribution in [2.45, 2.75) is 12.2 Å². The zero-order valence-corrected chi connectivity index (χ0v) is 8.14. The summed E-state index contributed by atoms with van der Waals surface area (Å²) in [4.78, 5) is 43.0. The van der Waals surface area contributed by atoms with Gasteiger partial charge in [0, 0.05) is 0 Å². The fourth-order valence-corrected chi connectivity index (χ4v) is 1.69. The van der Waals surface area contributed by atoms with Crippen LogP contribution in [0.15, 0.2) is 0 Å². The number of carboxylic acid groups (broad SMARTS) is 4. The van der Waals surface area contributed by atoms with Gasteiger partial charge in [-0.2, -0.15) is 0 Å². The molecule has 4 N–H and O–H groups in total. The molecule has 0 saturated carbocycles. The van der Waals surface area contributed by atoms with Crippen molar-refractivity contribution in [2.75, 3.05) is 0 Å². The molecule has 1 aliphatic heterocycles. The predicted octanol–water partition coefficient (Wildman–Crippen LogP) is -1.68. The second-order valence-electron chi connectivity index (χ2n) is 3.38. The second kappa shape index (κ2) is 4.37. The molecule has 1 heterocycles. The maximum absolute atomic E-state index is 10.8. The van der Waals surface area contributed by atoms with Crippen molar-refractivity contribution < 1.29 is 44.3 Å². The van der Waals surface area contributed by atoms with Gasteiger partial charge in [0.2, 0.25) is 0 Å². The zero-order chi connectivity index (χ0) is 13.3. The van der Waals surface area contributed by atoms with Crippen LogP contribution in [0.1, 0.15) is 0 Å². The molecular weight excluding hydrogens is 240 g/mol. The standard InChI is InChI=1S/C8H8O9/c9-5(10)1-2(6(11)12)4(8(15)16)17-3(1)7(13)14/h1-4H,(H,9,10)(H,11,12)(H,13,14)(H,15,16)/t1-,2-,3-,4+/m0/s1. The molecule has 9 heteroatoms. The van der Waals surface area contributed by atoms with Gasteiger partial charge in [-0.25, -0.2) is 9.59 Å². The Morgan fingerprint density at radius 1 is 0.647 bits per heavy atom. The highest BCUT2D eigenvalue weighted by atomic mass is 16.6. The van der Waals surface area contributed by atoms with Crippen LogP contribution < -0.4 is 0 Å². The molecule has 0 unspecified atom stereocenters. The van der Waals surface area contributed by atoms with Crippen molar-refractivity contribution >= 4 is 23.9 Å². The molecule has 0 spiro atoms. The largest absolute Gasteiger partial charge is 0.481 e. The van der Waals surface area contributed by atoms with Crippen LogP contribution in [0.2, 0.25) is 0 Å². The van der Waals surface area contributed by atoms with E-state index in [1.165, 1.54) is 0 Å². The van der Waals surface area contributed by atoms with E-state index >= 15 is 0 Å². The zero-order valence-electron chi connectivity index (χ0n) is 8.14. The van der Waals surface area contributed by atoms with Gasteiger partial charge in [0.15, 0.2) is 12.2 Å². The first-order valence-electron chi connectivity index (χ1n) is 4.34. The molecule has 0 aliphatic carbocycles. The molecule has 9 nitrogen and oxygen atoms in total. The molecule has 0 aromatic heterocycles.